The van der Waals surface area contributed by atoms with Gasteiger partial charge in [0.05, 0.1) is 28.9 Å². The van der Waals surface area contributed by atoms with Crippen LogP contribution >= 0.6 is 0 Å². The van der Waals surface area contributed by atoms with E-state index in [1.54, 1.807) is 11.1 Å². The molecule has 0 N–H and O–H groups in total. The molecule has 5 nitrogen and oxygen atoms in total. The summed E-state index contributed by atoms with van der Waals surface area (Å²) in [6.07, 6.45) is 17.5. The van der Waals surface area contributed by atoms with Crippen molar-refractivity contribution in [3.05, 3.63) is 174 Å². The van der Waals surface area contributed by atoms with Crippen molar-refractivity contribution in [2.24, 2.45) is 23.7 Å². The minimum Gasteiger partial charge on any atom is -0.456 e. The quantitative estimate of drug-likeness (QED) is 0.176. The summed E-state index contributed by atoms with van der Waals surface area (Å²) in [6, 6.07) is 51.6. The summed E-state index contributed by atoms with van der Waals surface area (Å²) in [5.41, 5.74) is 23.1. The second-order valence-corrected chi connectivity index (χ2v) is 24.3. The van der Waals surface area contributed by atoms with Gasteiger partial charge in [0.15, 0.2) is 0 Å². The van der Waals surface area contributed by atoms with Crippen molar-refractivity contribution in [1.29, 1.82) is 0 Å². The van der Waals surface area contributed by atoms with Crippen molar-refractivity contribution in [2.45, 2.75) is 87.9 Å². The molecule has 0 amide bonds. The Labute approximate surface area is 433 Å². The molecule has 4 unspecified atom stereocenters. The first kappa shape index (κ1) is 40.6. The summed E-state index contributed by atoms with van der Waals surface area (Å²) in [5.74, 6) is 5.03. The second kappa shape index (κ2) is 14.5. The molecule has 4 saturated carbocycles. The van der Waals surface area contributed by atoms with E-state index in [9.17, 15) is 0 Å². The number of pyridine rings is 2. The SMILES string of the molecule is c1ccc(-c2ccc3oc4ccccc4c3c2-c2cc(-c3c(-c4ccccc4)ccc4oc5ccccc5c34)c3c4c5c(ncc4n4c6cnc7c(c6c2c34)C2CC3CC(CC7C3)C2)C2CC3CC(C2)CC5C3)cc1. The van der Waals surface area contributed by atoms with Gasteiger partial charge in [-0.15, -0.1) is 0 Å². The molecule has 4 atom stereocenters. The van der Waals surface area contributed by atoms with E-state index in [-0.39, 0.29) is 0 Å². The topological polar surface area (TPSA) is 56.5 Å². The van der Waals surface area contributed by atoms with Gasteiger partial charge >= 0.3 is 0 Å². The minimum atomic E-state index is 0.479. The Morgan fingerprint density at radius 2 is 0.773 bits per heavy atom. The van der Waals surface area contributed by atoms with Crippen LogP contribution in [-0.2, 0) is 0 Å². The molecule has 0 spiro atoms. The van der Waals surface area contributed by atoms with Gasteiger partial charge in [0.1, 0.15) is 22.3 Å². The van der Waals surface area contributed by atoms with Gasteiger partial charge in [-0.1, -0.05) is 109 Å². The number of para-hydroxylation sites is 2. The molecule has 8 bridgehead atoms. The molecule has 13 aromatic rings. The van der Waals surface area contributed by atoms with E-state index in [4.69, 9.17) is 18.8 Å². The van der Waals surface area contributed by atoms with Crippen LogP contribution in [0.2, 0.25) is 0 Å². The van der Waals surface area contributed by atoms with Gasteiger partial charge in [-0.05, 0) is 175 Å². The van der Waals surface area contributed by atoms with Crippen molar-refractivity contribution in [1.82, 2.24) is 14.4 Å². The monoisotopic (exact) mass is 967 g/mol. The second-order valence-electron chi connectivity index (χ2n) is 24.3. The van der Waals surface area contributed by atoms with E-state index in [1.807, 2.05) is 0 Å². The van der Waals surface area contributed by atoms with Crippen LogP contribution in [0.4, 0.5) is 0 Å². The molecule has 8 aliphatic carbocycles. The molecular weight excluding hydrogens is 915 g/mol. The summed E-state index contributed by atoms with van der Waals surface area (Å²) in [4.78, 5) is 11.5. The lowest BCUT2D eigenvalue weighted by Crippen LogP contribution is -2.25. The lowest BCUT2D eigenvalue weighted by Gasteiger charge is -2.38. The van der Waals surface area contributed by atoms with Gasteiger partial charge in [0, 0.05) is 77.4 Å². The number of nitrogens with zero attached hydrogens (tertiary/aromatic N) is 3. The van der Waals surface area contributed by atoms with Crippen LogP contribution in [0.3, 0.4) is 0 Å². The minimum absolute atomic E-state index is 0.479. The van der Waals surface area contributed by atoms with Crippen LogP contribution in [0.15, 0.2) is 161 Å². The summed E-state index contributed by atoms with van der Waals surface area (Å²) < 4.78 is 16.6. The zero-order chi connectivity index (χ0) is 48.4. The Kier molecular flexibility index (Phi) is 7.87. The molecule has 5 heteroatoms. The maximum atomic E-state index is 6.96. The van der Waals surface area contributed by atoms with E-state index in [1.165, 1.54) is 169 Å². The van der Waals surface area contributed by atoms with E-state index < -0.39 is 0 Å². The van der Waals surface area contributed by atoms with Crippen LogP contribution in [0, 0.1) is 23.7 Å². The Hall–Kier alpha value is -7.76. The molecular formula is C70H53N3O2. The smallest absolute Gasteiger partial charge is 0.136 e. The Bertz CT molecular complexity index is 4300. The molecule has 360 valence electrons. The van der Waals surface area contributed by atoms with Gasteiger partial charge in [-0.3, -0.25) is 9.97 Å². The number of hydrogen-bond donors (Lipinski definition) is 0. The number of furan rings is 2. The number of benzene rings is 7. The third kappa shape index (κ3) is 5.34. The molecule has 4 fully saturated rings. The average Bonchev–Trinajstić information content (AvgIpc) is 4.34. The van der Waals surface area contributed by atoms with Crippen LogP contribution in [-0.4, -0.2) is 14.4 Å². The maximum Gasteiger partial charge on any atom is 0.136 e. The van der Waals surface area contributed by atoms with Crippen molar-refractivity contribution in [3.8, 4) is 44.5 Å². The predicted octanol–water partition coefficient (Wildman–Crippen LogP) is 18.9. The zero-order valence-corrected chi connectivity index (χ0v) is 41.8. The van der Waals surface area contributed by atoms with E-state index in [2.05, 4.69) is 156 Å². The fraction of sp³-hybridized carbons (Fsp3) is 0.257. The highest BCUT2D eigenvalue weighted by molar-refractivity contribution is 6.35. The maximum absolute atomic E-state index is 6.96. The number of rotatable bonds is 4. The van der Waals surface area contributed by atoms with Crippen molar-refractivity contribution in [3.63, 3.8) is 0 Å². The van der Waals surface area contributed by atoms with Crippen LogP contribution in [0.5, 0.6) is 0 Å². The lowest BCUT2D eigenvalue weighted by atomic mass is 9.67. The first-order valence-corrected chi connectivity index (χ1v) is 28.2. The van der Waals surface area contributed by atoms with Crippen molar-refractivity contribution >= 4 is 82.0 Å². The highest BCUT2D eigenvalue weighted by atomic mass is 16.3. The third-order valence-electron chi connectivity index (χ3n) is 20.4. The van der Waals surface area contributed by atoms with Crippen LogP contribution < -0.4 is 0 Å². The highest BCUT2D eigenvalue weighted by Gasteiger charge is 2.47. The van der Waals surface area contributed by atoms with Crippen LogP contribution in [0.25, 0.3) is 126 Å². The first-order chi connectivity index (χ1) is 37.1. The largest absolute Gasteiger partial charge is 0.456 e. The molecule has 21 rings (SSSR count). The fourth-order valence-electron chi connectivity index (χ4n) is 18.1. The van der Waals surface area contributed by atoms with Gasteiger partial charge in [0.25, 0.3) is 0 Å². The van der Waals surface area contributed by atoms with E-state index >= 15 is 0 Å². The van der Waals surface area contributed by atoms with Gasteiger partial charge in [0.2, 0.25) is 0 Å². The third-order valence-corrected chi connectivity index (χ3v) is 20.4. The van der Waals surface area contributed by atoms with Crippen molar-refractivity contribution in [2.75, 3.05) is 0 Å². The predicted molar refractivity (Wildman–Crippen MR) is 304 cm³/mol. The molecule has 0 aliphatic heterocycles. The molecule has 6 aromatic heterocycles. The Morgan fingerprint density at radius 1 is 0.360 bits per heavy atom. The molecule has 7 aromatic carbocycles. The normalized spacial score (nSPS) is 24.5. The fourth-order valence-corrected chi connectivity index (χ4v) is 18.1. The summed E-state index contributed by atoms with van der Waals surface area (Å²) >= 11 is 0. The number of fused-ring (bicyclic) bond motifs is 12. The van der Waals surface area contributed by atoms with Gasteiger partial charge in [-0.25, -0.2) is 0 Å². The van der Waals surface area contributed by atoms with Crippen molar-refractivity contribution < 1.29 is 8.83 Å². The Morgan fingerprint density at radius 3 is 1.23 bits per heavy atom. The molecule has 75 heavy (non-hydrogen) atoms. The van der Waals surface area contributed by atoms with Gasteiger partial charge < -0.3 is 13.2 Å². The summed E-state index contributed by atoms with van der Waals surface area (Å²) in [7, 11) is 0. The van der Waals surface area contributed by atoms with E-state index in [0.29, 0.717) is 23.7 Å². The lowest BCUT2D eigenvalue weighted by molar-refractivity contribution is 0.165. The van der Waals surface area contributed by atoms with E-state index in [0.717, 1.165) is 56.8 Å². The van der Waals surface area contributed by atoms with Gasteiger partial charge in [-0.2, -0.15) is 0 Å². The zero-order valence-electron chi connectivity index (χ0n) is 41.8. The molecule has 6 heterocycles. The average molecular weight is 968 g/mol. The van der Waals surface area contributed by atoms with Crippen LogP contribution in [0.1, 0.15) is 110 Å². The number of hydrogen-bond acceptors (Lipinski definition) is 4. The molecule has 0 radical (unpaired) electrons. The number of aromatic nitrogens is 3. The highest BCUT2D eigenvalue weighted by Crippen LogP contribution is 2.63. The molecule has 0 saturated heterocycles. The summed E-state index contributed by atoms with van der Waals surface area (Å²) in [5, 5.41) is 10.2. The Balaban J connectivity index is 1.10. The standard InChI is InChI=1S/C70H53N3O2/c1-3-11-40(12-4-1)46-19-21-56-62(48-15-7-9-17-54(48)74-56)60(46)50-33-51(61-47(41-13-5-2-6-14-41)20-22-57-63(61)49-16-8-10-18-55(49)75-57)65-67-53(35-72-69-45-31-38-24-39(32-45)28-43(27-38)59(67)69)73-52-34-71-68-44-29-36-23-37(30-44)26-42(25-36)58(68)66(52)64(50)70(65)73/h1-22,33-39,42-45H,23-32H2. The summed E-state index contributed by atoms with van der Waals surface area (Å²) in [6.45, 7) is 0. The first-order valence-electron chi connectivity index (χ1n) is 28.2. The molecule has 8 aliphatic rings.